The van der Waals surface area contributed by atoms with Crippen molar-refractivity contribution < 1.29 is 14.3 Å². The van der Waals surface area contributed by atoms with Gasteiger partial charge in [0.25, 0.3) is 5.56 Å². The van der Waals surface area contributed by atoms with E-state index in [1.165, 1.54) is 29.9 Å². The quantitative estimate of drug-likeness (QED) is 0.467. The number of para-hydroxylation sites is 2. The first kappa shape index (κ1) is 21.3. The number of anilines is 1. The van der Waals surface area contributed by atoms with Crippen molar-refractivity contribution in [3.8, 4) is 5.69 Å². The molecule has 0 fully saturated rings. The third-order valence-electron chi connectivity index (χ3n) is 4.84. The first-order chi connectivity index (χ1) is 15.5. The number of esters is 1. The van der Waals surface area contributed by atoms with E-state index in [2.05, 4.69) is 10.3 Å². The van der Waals surface area contributed by atoms with Gasteiger partial charge in [0, 0.05) is 0 Å². The Morgan fingerprint density at radius 1 is 1.03 bits per heavy atom. The average Bonchev–Trinajstić information content (AvgIpc) is 2.80. The van der Waals surface area contributed by atoms with Crippen molar-refractivity contribution in [1.29, 1.82) is 0 Å². The molecule has 0 saturated carbocycles. The molecule has 3 aromatic carbocycles. The van der Waals surface area contributed by atoms with Gasteiger partial charge < -0.3 is 10.1 Å². The maximum atomic E-state index is 13.2. The van der Waals surface area contributed by atoms with Gasteiger partial charge in [-0.05, 0) is 42.5 Å². The lowest BCUT2D eigenvalue weighted by atomic mass is 10.2. The number of hydrogen-bond acceptors (Lipinski definition) is 5. The molecule has 1 aromatic heterocycles. The summed E-state index contributed by atoms with van der Waals surface area (Å²) in [6.07, 6.45) is -0.187. The van der Waals surface area contributed by atoms with Crippen LogP contribution in [0.5, 0.6) is 0 Å². The molecule has 0 spiro atoms. The van der Waals surface area contributed by atoms with E-state index < -0.39 is 11.9 Å². The number of hydrogen-bond donors (Lipinski definition) is 1. The summed E-state index contributed by atoms with van der Waals surface area (Å²) in [6.45, 7) is 0. The van der Waals surface area contributed by atoms with Gasteiger partial charge >= 0.3 is 5.97 Å². The molecule has 0 bridgehead atoms. The Bertz CT molecular complexity index is 1380. The van der Waals surface area contributed by atoms with Gasteiger partial charge in [-0.2, -0.15) is 0 Å². The summed E-state index contributed by atoms with van der Waals surface area (Å²) in [7, 11) is 1.27. The number of carbonyl (C=O) groups is 2. The molecule has 1 heterocycles. The first-order valence-corrected chi connectivity index (χ1v) is 10.1. The number of aromatic nitrogens is 2. The Labute approximate surface area is 188 Å². The number of fused-ring (bicyclic) bond motifs is 1. The summed E-state index contributed by atoms with van der Waals surface area (Å²) >= 11 is 6.18. The number of rotatable bonds is 5. The second-order valence-electron chi connectivity index (χ2n) is 6.93. The van der Waals surface area contributed by atoms with Crippen molar-refractivity contribution in [3.05, 3.63) is 99.6 Å². The Kier molecular flexibility index (Phi) is 6.00. The fraction of sp³-hybridized carbons (Fsp3) is 0.0833. The molecule has 7 nitrogen and oxygen atoms in total. The van der Waals surface area contributed by atoms with Gasteiger partial charge in [-0.3, -0.25) is 14.2 Å². The van der Waals surface area contributed by atoms with E-state index >= 15 is 0 Å². The minimum absolute atomic E-state index is 0.187. The maximum absolute atomic E-state index is 13.2. The molecular weight excluding hydrogens is 430 g/mol. The van der Waals surface area contributed by atoms with E-state index in [0.29, 0.717) is 16.6 Å². The van der Waals surface area contributed by atoms with Gasteiger partial charge in [0.05, 0.1) is 46.4 Å². The van der Waals surface area contributed by atoms with Crippen LogP contribution in [-0.4, -0.2) is 28.5 Å². The van der Waals surface area contributed by atoms with Crippen molar-refractivity contribution in [2.75, 3.05) is 12.4 Å². The van der Waals surface area contributed by atoms with Crippen LogP contribution in [-0.2, 0) is 16.0 Å². The number of carbonyl (C=O) groups excluding carboxylic acids is 2. The van der Waals surface area contributed by atoms with Gasteiger partial charge in [0.15, 0.2) is 0 Å². The number of nitrogens with one attached hydrogen (secondary N) is 1. The molecule has 0 aliphatic rings. The number of halogens is 1. The number of nitrogens with zero attached hydrogens (tertiary/aromatic N) is 2. The summed E-state index contributed by atoms with van der Waals surface area (Å²) < 4.78 is 6.13. The lowest BCUT2D eigenvalue weighted by Crippen LogP contribution is -2.27. The van der Waals surface area contributed by atoms with Crippen molar-refractivity contribution >= 4 is 40.1 Å². The molecule has 0 saturated heterocycles. The van der Waals surface area contributed by atoms with Gasteiger partial charge in [-0.1, -0.05) is 41.9 Å². The number of ether oxygens (including phenoxy) is 1. The maximum Gasteiger partial charge on any atom is 0.337 e. The first-order valence-electron chi connectivity index (χ1n) is 9.71. The summed E-state index contributed by atoms with van der Waals surface area (Å²) in [4.78, 5) is 42.5. The van der Waals surface area contributed by atoms with Crippen molar-refractivity contribution in [2.45, 2.75) is 6.42 Å². The molecule has 1 N–H and O–H groups in total. The number of amides is 1. The van der Waals surface area contributed by atoms with Crippen molar-refractivity contribution in [3.63, 3.8) is 0 Å². The zero-order valence-corrected chi connectivity index (χ0v) is 17.8. The van der Waals surface area contributed by atoms with E-state index in [0.717, 1.165) is 0 Å². The van der Waals surface area contributed by atoms with E-state index in [4.69, 9.17) is 16.3 Å². The van der Waals surface area contributed by atoms with Crippen LogP contribution in [0.3, 0.4) is 0 Å². The van der Waals surface area contributed by atoms with Gasteiger partial charge in [-0.25, -0.2) is 9.78 Å². The van der Waals surface area contributed by atoms with Gasteiger partial charge in [-0.15, -0.1) is 0 Å². The highest BCUT2D eigenvalue weighted by atomic mass is 35.5. The second-order valence-corrected chi connectivity index (χ2v) is 7.34. The molecule has 1 amide bonds. The van der Waals surface area contributed by atoms with Gasteiger partial charge in [0.1, 0.15) is 5.82 Å². The summed E-state index contributed by atoms with van der Waals surface area (Å²) in [6, 6.07) is 20.4. The van der Waals surface area contributed by atoms with Crippen LogP contribution >= 0.6 is 11.6 Å². The summed E-state index contributed by atoms with van der Waals surface area (Å²) in [5.41, 5.74) is 1.34. The predicted octanol–water partition coefficient (Wildman–Crippen LogP) is 4.01. The highest BCUT2D eigenvalue weighted by molar-refractivity contribution is 6.33. The topological polar surface area (TPSA) is 90.3 Å². The Hall–Kier alpha value is -3.97. The highest BCUT2D eigenvalue weighted by Gasteiger charge is 2.17. The monoisotopic (exact) mass is 447 g/mol. The Balaban J connectivity index is 1.72. The normalized spacial score (nSPS) is 10.7. The number of benzene rings is 3. The minimum atomic E-state index is -0.550. The average molecular weight is 448 g/mol. The van der Waals surface area contributed by atoms with Crippen LogP contribution in [0.2, 0.25) is 5.02 Å². The second kappa shape index (κ2) is 9.03. The molecule has 0 aliphatic heterocycles. The predicted molar refractivity (Wildman–Crippen MR) is 122 cm³/mol. The summed E-state index contributed by atoms with van der Waals surface area (Å²) in [5, 5.41) is 3.41. The molecule has 8 heteroatoms. The van der Waals surface area contributed by atoms with Crippen LogP contribution < -0.4 is 10.9 Å². The third-order valence-corrected chi connectivity index (χ3v) is 5.17. The fourth-order valence-electron chi connectivity index (χ4n) is 3.34. The molecule has 0 aliphatic carbocycles. The zero-order chi connectivity index (χ0) is 22.7. The molecule has 160 valence electrons. The summed E-state index contributed by atoms with van der Waals surface area (Å²) in [5.74, 6) is -0.718. The van der Waals surface area contributed by atoms with Crippen LogP contribution in [0.4, 0.5) is 5.69 Å². The Morgan fingerprint density at radius 3 is 2.50 bits per heavy atom. The largest absolute Gasteiger partial charge is 0.465 e. The van der Waals surface area contributed by atoms with Crippen molar-refractivity contribution in [2.24, 2.45) is 0 Å². The zero-order valence-electron chi connectivity index (χ0n) is 17.0. The highest BCUT2D eigenvalue weighted by Crippen LogP contribution is 2.24. The van der Waals surface area contributed by atoms with Crippen LogP contribution in [0.1, 0.15) is 16.2 Å². The van der Waals surface area contributed by atoms with E-state index in [1.54, 1.807) is 48.5 Å². The Morgan fingerprint density at radius 2 is 1.75 bits per heavy atom. The fourth-order valence-corrected chi connectivity index (χ4v) is 3.51. The van der Waals surface area contributed by atoms with E-state index in [1.807, 2.05) is 6.07 Å². The smallest absolute Gasteiger partial charge is 0.337 e. The standard InChI is InChI=1S/C24H18ClN3O4/c1-32-24(31)15-11-12-18(25)20(13-15)27-22(29)14-21-26-19-10-6-5-9-17(19)23(30)28(21)16-7-3-2-4-8-16/h2-13H,14H2,1H3,(H,27,29). The minimum Gasteiger partial charge on any atom is -0.465 e. The lowest BCUT2D eigenvalue weighted by Gasteiger charge is -2.14. The van der Waals surface area contributed by atoms with E-state index in [-0.39, 0.29) is 34.1 Å². The lowest BCUT2D eigenvalue weighted by molar-refractivity contribution is -0.115. The molecule has 0 unspecified atom stereocenters. The van der Waals surface area contributed by atoms with Crippen molar-refractivity contribution in [1.82, 2.24) is 9.55 Å². The molecule has 32 heavy (non-hydrogen) atoms. The third kappa shape index (κ3) is 4.24. The number of methoxy groups -OCH3 is 1. The SMILES string of the molecule is COC(=O)c1ccc(Cl)c(NC(=O)Cc2nc3ccccc3c(=O)n2-c2ccccc2)c1. The molecule has 0 atom stereocenters. The van der Waals surface area contributed by atoms with Gasteiger partial charge in [0.2, 0.25) is 5.91 Å². The molecule has 0 radical (unpaired) electrons. The van der Waals surface area contributed by atoms with Crippen LogP contribution in [0, 0.1) is 0 Å². The van der Waals surface area contributed by atoms with E-state index in [9.17, 15) is 14.4 Å². The molecule has 4 rings (SSSR count). The van der Waals surface area contributed by atoms with Crippen LogP contribution in [0.15, 0.2) is 77.6 Å². The molecular formula is C24H18ClN3O4. The molecule has 4 aromatic rings. The van der Waals surface area contributed by atoms with Crippen LogP contribution in [0.25, 0.3) is 16.6 Å².